The Kier molecular flexibility index (Phi) is 9.68. The SMILES string of the molecule is CCC(OC(C)=O)SCCCCCC(F)F. The largest absolute Gasteiger partial charge is 0.451 e. The van der Waals surface area contributed by atoms with Crippen LogP contribution < -0.4 is 0 Å². The van der Waals surface area contributed by atoms with Crippen LogP contribution in [0.4, 0.5) is 8.78 Å². The molecule has 0 aliphatic heterocycles. The highest BCUT2D eigenvalue weighted by molar-refractivity contribution is 7.99. The molecular formula is C11H20F2O2S. The summed E-state index contributed by atoms with van der Waals surface area (Å²) in [5, 5.41) is 0. The van der Waals surface area contributed by atoms with Crippen LogP contribution >= 0.6 is 11.8 Å². The highest BCUT2D eigenvalue weighted by Gasteiger charge is 2.09. The van der Waals surface area contributed by atoms with Gasteiger partial charge in [-0.2, -0.15) is 0 Å². The maximum atomic E-state index is 11.8. The van der Waals surface area contributed by atoms with E-state index in [0.29, 0.717) is 6.42 Å². The molecule has 0 saturated carbocycles. The number of thioether (sulfide) groups is 1. The van der Waals surface area contributed by atoms with Gasteiger partial charge in [-0.1, -0.05) is 13.3 Å². The third-order valence-corrected chi connectivity index (χ3v) is 3.33. The molecule has 0 rings (SSSR count). The molecule has 1 atom stereocenters. The van der Waals surface area contributed by atoms with Crippen molar-refractivity contribution in [2.45, 2.75) is 57.8 Å². The van der Waals surface area contributed by atoms with Crippen LogP contribution in [-0.4, -0.2) is 23.6 Å². The number of hydrogen-bond donors (Lipinski definition) is 0. The first kappa shape index (κ1) is 15.7. The molecule has 0 aromatic heterocycles. The normalized spacial score (nSPS) is 12.8. The number of hydrogen-bond acceptors (Lipinski definition) is 3. The maximum absolute atomic E-state index is 11.8. The van der Waals surface area contributed by atoms with E-state index in [1.807, 2.05) is 6.92 Å². The Morgan fingerprint density at radius 1 is 1.31 bits per heavy atom. The van der Waals surface area contributed by atoms with E-state index < -0.39 is 6.43 Å². The van der Waals surface area contributed by atoms with E-state index in [-0.39, 0.29) is 17.8 Å². The molecule has 0 aromatic rings. The molecule has 0 fully saturated rings. The molecule has 96 valence electrons. The van der Waals surface area contributed by atoms with Crippen LogP contribution in [0.1, 0.15) is 46.0 Å². The van der Waals surface area contributed by atoms with Gasteiger partial charge in [0.15, 0.2) is 0 Å². The van der Waals surface area contributed by atoms with E-state index in [0.717, 1.165) is 25.0 Å². The van der Waals surface area contributed by atoms with Crippen molar-refractivity contribution in [3.8, 4) is 0 Å². The lowest BCUT2D eigenvalue weighted by atomic mass is 10.2. The van der Waals surface area contributed by atoms with E-state index in [4.69, 9.17) is 4.74 Å². The molecule has 0 amide bonds. The molecule has 0 aliphatic rings. The number of rotatable bonds is 9. The van der Waals surface area contributed by atoms with Crippen LogP contribution in [0, 0.1) is 0 Å². The molecule has 16 heavy (non-hydrogen) atoms. The van der Waals surface area contributed by atoms with Crippen LogP contribution in [0.3, 0.4) is 0 Å². The van der Waals surface area contributed by atoms with Crippen LogP contribution in [0.2, 0.25) is 0 Å². The van der Waals surface area contributed by atoms with Gasteiger partial charge in [-0.25, -0.2) is 8.78 Å². The average Bonchev–Trinajstić information content (AvgIpc) is 2.20. The highest BCUT2D eigenvalue weighted by Crippen LogP contribution is 2.18. The second-order valence-electron chi connectivity index (χ2n) is 3.56. The van der Waals surface area contributed by atoms with Crippen molar-refractivity contribution in [2.75, 3.05) is 5.75 Å². The summed E-state index contributed by atoms with van der Waals surface area (Å²) in [6.45, 7) is 3.35. The van der Waals surface area contributed by atoms with Gasteiger partial charge in [-0.15, -0.1) is 11.8 Å². The number of ether oxygens (including phenoxy) is 1. The van der Waals surface area contributed by atoms with Crippen LogP contribution in [0.25, 0.3) is 0 Å². The number of carbonyl (C=O) groups is 1. The van der Waals surface area contributed by atoms with Crippen molar-refractivity contribution in [1.29, 1.82) is 0 Å². The summed E-state index contributed by atoms with van der Waals surface area (Å²) in [5.41, 5.74) is -0.0902. The van der Waals surface area contributed by atoms with Gasteiger partial charge in [0.25, 0.3) is 0 Å². The van der Waals surface area contributed by atoms with E-state index in [1.165, 1.54) is 6.92 Å². The maximum Gasteiger partial charge on any atom is 0.303 e. The van der Waals surface area contributed by atoms with E-state index in [9.17, 15) is 13.6 Å². The summed E-state index contributed by atoms with van der Waals surface area (Å²) >= 11 is 1.58. The molecule has 0 aliphatic carbocycles. The van der Waals surface area contributed by atoms with Gasteiger partial charge in [-0.05, 0) is 25.0 Å². The van der Waals surface area contributed by atoms with Crippen molar-refractivity contribution in [2.24, 2.45) is 0 Å². The van der Waals surface area contributed by atoms with Gasteiger partial charge < -0.3 is 4.74 Å². The lowest BCUT2D eigenvalue weighted by molar-refractivity contribution is -0.142. The topological polar surface area (TPSA) is 26.3 Å². The van der Waals surface area contributed by atoms with Crippen molar-refractivity contribution in [1.82, 2.24) is 0 Å². The third-order valence-electron chi connectivity index (χ3n) is 2.00. The molecule has 0 N–H and O–H groups in total. The summed E-state index contributed by atoms with van der Waals surface area (Å²) in [5.74, 6) is 0.590. The molecule has 0 aromatic carbocycles. The predicted molar refractivity (Wildman–Crippen MR) is 62.8 cm³/mol. The highest BCUT2D eigenvalue weighted by atomic mass is 32.2. The monoisotopic (exact) mass is 254 g/mol. The van der Waals surface area contributed by atoms with E-state index >= 15 is 0 Å². The van der Waals surface area contributed by atoms with Crippen molar-refractivity contribution >= 4 is 17.7 Å². The Bertz CT molecular complexity index is 189. The van der Waals surface area contributed by atoms with Crippen LogP contribution in [-0.2, 0) is 9.53 Å². The molecule has 1 unspecified atom stereocenters. The van der Waals surface area contributed by atoms with Crippen molar-refractivity contribution < 1.29 is 18.3 Å². The van der Waals surface area contributed by atoms with Crippen molar-refractivity contribution in [3.63, 3.8) is 0 Å². The Morgan fingerprint density at radius 2 is 2.00 bits per heavy atom. The Hall–Kier alpha value is -0.320. The number of unbranched alkanes of at least 4 members (excludes halogenated alkanes) is 2. The number of esters is 1. The zero-order valence-electron chi connectivity index (χ0n) is 9.88. The fourth-order valence-corrected chi connectivity index (χ4v) is 2.29. The summed E-state index contributed by atoms with van der Waals surface area (Å²) in [4.78, 5) is 10.7. The van der Waals surface area contributed by atoms with Crippen molar-refractivity contribution in [3.05, 3.63) is 0 Å². The molecule has 0 radical (unpaired) electrons. The standard InChI is InChI=1S/C11H20F2O2S/c1-3-11(15-9(2)14)16-8-6-4-5-7-10(12)13/h10-11H,3-8H2,1-2H3. The summed E-state index contributed by atoms with van der Waals surface area (Å²) < 4.78 is 28.7. The first-order chi connectivity index (χ1) is 7.56. The zero-order valence-corrected chi connectivity index (χ0v) is 10.7. The Labute approximate surface area is 100 Å². The molecular weight excluding hydrogens is 234 g/mol. The molecule has 0 heterocycles. The molecule has 0 bridgehead atoms. The Morgan fingerprint density at radius 3 is 2.50 bits per heavy atom. The minimum absolute atomic E-state index is 0.00812. The average molecular weight is 254 g/mol. The second-order valence-corrected chi connectivity index (χ2v) is 4.83. The van der Waals surface area contributed by atoms with E-state index in [2.05, 4.69) is 0 Å². The first-order valence-electron chi connectivity index (χ1n) is 5.63. The first-order valence-corrected chi connectivity index (χ1v) is 6.68. The Balaban J connectivity index is 3.37. The van der Waals surface area contributed by atoms with Gasteiger partial charge in [0.1, 0.15) is 5.44 Å². The zero-order chi connectivity index (χ0) is 12.4. The third kappa shape index (κ3) is 10.2. The lowest BCUT2D eigenvalue weighted by Gasteiger charge is -2.14. The molecule has 0 spiro atoms. The van der Waals surface area contributed by atoms with Gasteiger partial charge in [0, 0.05) is 13.3 Å². The van der Waals surface area contributed by atoms with Gasteiger partial charge in [0.2, 0.25) is 6.43 Å². The van der Waals surface area contributed by atoms with Gasteiger partial charge >= 0.3 is 5.97 Å². The summed E-state index contributed by atoms with van der Waals surface area (Å²) in [7, 11) is 0. The smallest absolute Gasteiger partial charge is 0.303 e. The quantitative estimate of drug-likeness (QED) is 0.355. The lowest BCUT2D eigenvalue weighted by Crippen LogP contribution is -2.11. The summed E-state index contributed by atoms with van der Waals surface area (Å²) in [6, 6.07) is 0. The van der Waals surface area contributed by atoms with E-state index in [1.54, 1.807) is 11.8 Å². The van der Waals surface area contributed by atoms with Crippen LogP contribution in [0.15, 0.2) is 0 Å². The number of carbonyl (C=O) groups excluding carboxylic acids is 1. The van der Waals surface area contributed by atoms with Gasteiger partial charge in [0.05, 0.1) is 0 Å². The molecule has 0 saturated heterocycles. The molecule has 2 nitrogen and oxygen atoms in total. The fourth-order valence-electron chi connectivity index (χ4n) is 1.21. The minimum Gasteiger partial charge on any atom is -0.451 e. The fraction of sp³-hybridized carbons (Fsp3) is 0.909. The number of halogens is 2. The predicted octanol–water partition coefficient (Wildman–Crippen LogP) is 3.84. The summed E-state index contributed by atoms with van der Waals surface area (Å²) in [6.07, 6.45) is 0.871. The molecule has 5 heteroatoms. The van der Waals surface area contributed by atoms with Crippen LogP contribution in [0.5, 0.6) is 0 Å². The second kappa shape index (κ2) is 9.87. The number of alkyl halides is 2. The van der Waals surface area contributed by atoms with Gasteiger partial charge in [-0.3, -0.25) is 4.79 Å². The minimum atomic E-state index is -2.18.